The van der Waals surface area contributed by atoms with Crippen LogP contribution < -0.4 is 4.90 Å². The molecule has 0 aliphatic carbocycles. The van der Waals surface area contributed by atoms with Gasteiger partial charge < -0.3 is 4.90 Å². The lowest BCUT2D eigenvalue weighted by atomic mass is 10.0. The molecule has 0 amide bonds. The monoisotopic (exact) mass is 402 g/mol. The second-order valence-electron chi connectivity index (χ2n) is 7.35. The van der Waals surface area contributed by atoms with Gasteiger partial charge in [-0.2, -0.15) is 0 Å². The molecule has 0 spiro atoms. The molecule has 0 aliphatic heterocycles. The molecule has 160 valence electrons. The van der Waals surface area contributed by atoms with Crippen LogP contribution in [0.25, 0.3) is 0 Å². The standard InChI is InChI=1S/C26H32N2.C2H6/c1-3-5-11-22-17-19-23(20-18-22)12-10-21-28(25-14-7-6-8-15-25)26-16-9-13-24(4-2)27-26;1-2/h6-9,13-20H,3-5,10-12,21H2,1-2H3;1-2H3. The van der Waals surface area contributed by atoms with Crippen LogP contribution in [0.3, 0.4) is 0 Å². The molecule has 3 rings (SSSR count). The normalized spacial score (nSPS) is 10.3. The maximum absolute atomic E-state index is 4.86. The van der Waals surface area contributed by atoms with Crippen molar-refractivity contribution in [3.05, 3.63) is 89.6 Å². The highest BCUT2D eigenvalue weighted by molar-refractivity contribution is 5.59. The second kappa shape index (κ2) is 13.6. The minimum Gasteiger partial charge on any atom is -0.326 e. The van der Waals surface area contributed by atoms with Gasteiger partial charge in [-0.3, -0.25) is 0 Å². The first kappa shape index (κ1) is 23.7. The third-order valence-electron chi connectivity index (χ3n) is 5.19. The van der Waals surface area contributed by atoms with Crippen LogP contribution in [0.15, 0.2) is 72.8 Å². The van der Waals surface area contributed by atoms with E-state index in [0.29, 0.717) is 0 Å². The average Bonchev–Trinajstić information content (AvgIpc) is 2.83. The van der Waals surface area contributed by atoms with Crippen LogP contribution in [-0.4, -0.2) is 11.5 Å². The molecular formula is C28H38N2. The van der Waals surface area contributed by atoms with Gasteiger partial charge >= 0.3 is 0 Å². The fourth-order valence-electron chi connectivity index (χ4n) is 3.49. The molecule has 2 aromatic carbocycles. The van der Waals surface area contributed by atoms with Crippen molar-refractivity contribution in [2.75, 3.05) is 11.4 Å². The molecule has 0 radical (unpaired) electrons. The molecular weight excluding hydrogens is 364 g/mol. The summed E-state index contributed by atoms with van der Waals surface area (Å²) in [5, 5.41) is 0. The fraction of sp³-hybridized carbons (Fsp3) is 0.393. The van der Waals surface area contributed by atoms with E-state index < -0.39 is 0 Å². The van der Waals surface area contributed by atoms with Gasteiger partial charge in [-0.15, -0.1) is 0 Å². The number of unbranched alkanes of at least 4 members (excludes halogenated alkanes) is 1. The van der Waals surface area contributed by atoms with Gasteiger partial charge in [-0.25, -0.2) is 4.98 Å². The summed E-state index contributed by atoms with van der Waals surface area (Å²) < 4.78 is 0. The van der Waals surface area contributed by atoms with Gasteiger partial charge in [0.25, 0.3) is 0 Å². The smallest absolute Gasteiger partial charge is 0.133 e. The predicted octanol–water partition coefficient (Wildman–Crippen LogP) is 7.78. The minimum absolute atomic E-state index is 0.959. The van der Waals surface area contributed by atoms with Gasteiger partial charge in [0, 0.05) is 17.9 Å². The molecule has 2 heteroatoms. The summed E-state index contributed by atoms with van der Waals surface area (Å²) in [4.78, 5) is 7.20. The number of rotatable bonds is 10. The van der Waals surface area contributed by atoms with Crippen molar-refractivity contribution in [1.82, 2.24) is 4.98 Å². The number of para-hydroxylation sites is 1. The van der Waals surface area contributed by atoms with E-state index in [1.165, 1.54) is 36.1 Å². The molecule has 0 aliphatic rings. The largest absolute Gasteiger partial charge is 0.326 e. The summed E-state index contributed by atoms with van der Waals surface area (Å²) in [5.41, 5.74) is 5.22. The Morgan fingerprint density at radius 1 is 0.700 bits per heavy atom. The maximum atomic E-state index is 4.86. The summed E-state index contributed by atoms with van der Waals surface area (Å²) in [7, 11) is 0. The summed E-state index contributed by atoms with van der Waals surface area (Å²) in [5.74, 6) is 1.04. The summed E-state index contributed by atoms with van der Waals surface area (Å²) >= 11 is 0. The Morgan fingerprint density at radius 2 is 1.33 bits per heavy atom. The molecule has 0 saturated heterocycles. The maximum Gasteiger partial charge on any atom is 0.133 e. The Balaban J connectivity index is 0.00000155. The second-order valence-corrected chi connectivity index (χ2v) is 7.35. The molecule has 1 aromatic heterocycles. The van der Waals surface area contributed by atoms with Crippen LogP contribution in [0.4, 0.5) is 11.5 Å². The predicted molar refractivity (Wildman–Crippen MR) is 132 cm³/mol. The van der Waals surface area contributed by atoms with Crippen LogP contribution in [0, 0.1) is 0 Å². The summed E-state index contributed by atoms with van der Waals surface area (Å²) in [6, 6.07) is 26.1. The van der Waals surface area contributed by atoms with Gasteiger partial charge in [0.15, 0.2) is 0 Å². The van der Waals surface area contributed by atoms with Crippen molar-refractivity contribution in [2.24, 2.45) is 0 Å². The Kier molecular flexibility index (Phi) is 10.7. The van der Waals surface area contributed by atoms with Gasteiger partial charge in [-0.05, 0) is 67.5 Å². The number of aromatic nitrogens is 1. The van der Waals surface area contributed by atoms with Crippen LogP contribution in [0.2, 0.25) is 0 Å². The van der Waals surface area contributed by atoms with Crippen molar-refractivity contribution in [3.63, 3.8) is 0 Å². The lowest BCUT2D eigenvalue weighted by Gasteiger charge is -2.24. The quantitative estimate of drug-likeness (QED) is 0.344. The minimum atomic E-state index is 0.959. The Labute approximate surface area is 184 Å². The van der Waals surface area contributed by atoms with E-state index in [2.05, 4.69) is 91.5 Å². The highest BCUT2D eigenvalue weighted by atomic mass is 15.2. The average molecular weight is 403 g/mol. The number of pyridine rings is 1. The van der Waals surface area contributed by atoms with Crippen molar-refractivity contribution in [3.8, 4) is 0 Å². The highest BCUT2D eigenvalue weighted by Crippen LogP contribution is 2.24. The summed E-state index contributed by atoms with van der Waals surface area (Å²) in [6.45, 7) is 9.36. The Hall–Kier alpha value is -2.61. The van der Waals surface area contributed by atoms with Crippen molar-refractivity contribution in [1.29, 1.82) is 0 Å². The third kappa shape index (κ3) is 7.33. The molecule has 0 bridgehead atoms. The van der Waals surface area contributed by atoms with Crippen LogP contribution in [0.5, 0.6) is 0 Å². The van der Waals surface area contributed by atoms with E-state index in [0.717, 1.165) is 37.3 Å². The molecule has 0 fully saturated rings. The zero-order chi connectivity index (χ0) is 21.6. The molecule has 0 saturated carbocycles. The summed E-state index contributed by atoms with van der Waals surface area (Å²) in [6.07, 6.45) is 6.87. The lowest BCUT2D eigenvalue weighted by molar-refractivity contribution is 0.787. The zero-order valence-corrected chi connectivity index (χ0v) is 19.3. The first-order valence-electron chi connectivity index (χ1n) is 11.7. The number of benzene rings is 2. The first-order chi connectivity index (χ1) is 14.8. The molecule has 3 aromatic rings. The van der Waals surface area contributed by atoms with Gasteiger partial charge in [0.2, 0.25) is 0 Å². The molecule has 2 nitrogen and oxygen atoms in total. The molecule has 0 atom stereocenters. The number of nitrogens with zero attached hydrogens (tertiary/aromatic N) is 2. The number of aryl methyl sites for hydroxylation is 3. The number of hydrogen-bond acceptors (Lipinski definition) is 2. The molecule has 0 N–H and O–H groups in total. The van der Waals surface area contributed by atoms with Crippen LogP contribution in [-0.2, 0) is 19.3 Å². The van der Waals surface area contributed by atoms with Gasteiger partial charge in [0.1, 0.15) is 5.82 Å². The van der Waals surface area contributed by atoms with E-state index >= 15 is 0 Å². The molecule has 30 heavy (non-hydrogen) atoms. The lowest BCUT2D eigenvalue weighted by Crippen LogP contribution is -2.20. The topological polar surface area (TPSA) is 16.1 Å². The fourth-order valence-corrected chi connectivity index (χ4v) is 3.49. The molecule has 1 heterocycles. The highest BCUT2D eigenvalue weighted by Gasteiger charge is 2.11. The van der Waals surface area contributed by atoms with Crippen LogP contribution >= 0.6 is 0 Å². The van der Waals surface area contributed by atoms with E-state index in [9.17, 15) is 0 Å². The van der Waals surface area contributed by atoms with Crippen LogP contribution in [0.1, 0.15) is 63.8 Å². The van der Waals surface area contributed by atoms with Crippen molar-refractivity contribution in [2.45, 2.75) is 66.2 Å². The van der Waals surface area contributed by atoms with Crippen molar-refractivity contribution < 1.29 is 0 Å². The van der Waals surface area contributed by atoms with E-state index in [4.69, 9.17) is 4.98 Å². The van der Waals surface area contributed by atoms with Gasteiger partial charge in [-0.1, -0.05) is 82.6 Å². The van der Waals surface area contributed by atoms with Crippen molar-refractivity contribution >= 4 is 11.5 Å². The number of anilines is 2. The van der Waals surface area contributed by atoms with E-state index in [1.807, 2.05) is 13.8 Å². The number of hydrogen-bond donors (Lipinski definition) is 0. The molecule has 0 unspecified atom stereocenters. The third-order valence-corrected chi connectivity index (χ3v) is 5.19. The Bertz CT molecular complexity index is 825. The van der Waals surface area contributed by atoms with E-state index in [1.54, 1.807) is 0 Å². The zero-order valence-electron chi connectivity index (χ0n) is 19.3. The Morgan fingerprint density at radius 3 is 1.93 bits per heavy atom. The van der Waals surface area contributed by atoms with E-state index in [-0.39, 0.29) is 0 Å². The van der Waals surface area contributed by atoms with Gasteiger partial charge in [0.05, 0.1) is 0 Å². The SMILES string of the molecule is CC.CCCCc1ccc(CCCN(c2ccccc2)c2cccc(CC)n2)cc1. The first-order valence-corrected chi connectivity index (χ1v) is 11.7.